The van der Waals surface area contributed by atoms with Crippen LogP contribution in [0, 0.1) is 0 Å². The first-order chi connectivity index (χ1) is 5.24. The van der Waals surface area contributed by atoms with Crippen LogP contribution in [-0.4, -0.2) is 21.1 Å². The molecule has 0 saturated carbocycles. The number of rotatable bonds is 3. The summed E-state index contributed by atoms with van der Waals surface area (Å²) in [4.78, 5) is 14.1. The Hall–Kier alpha value is -1.19. The smallest absolute Gasteiger partial charge is 0.153 e. The Morgan fingerprint density at radius 3 is 2.91 bits per heavy atom. The summed E-state index contributed by atoms with van der Waals surface area (Å²) >= 11 is 0. The van der Waals surface area contributed by atoms with E-state index < -0.39 is 0 Å². The molecule has 4 heteroatoms. The summed E-state index contributed by atoms with van der Waals surface area (Å²) < 4.78 is 1.53. The number of carbonyl (C=O) groups excluding carboxylic acids is 1. The third-order valence-corrected chi connectivity index (χ3v) is 1.33. The second kappa shape index (κ2) is 3.27. The SMILES string of the molecule is CC(C)c1ncn(CC=O)n1. The summed E-state index contributed by atoms with van der Waals surface area (Å²) in [6.45, 7) is 4.32. The largest absolute Gasteiger partial charge is 0.301 e. The Morgan fingerprint density at radius 2 is 2.45 bits per heavy atom. The number of aromatic nitrogens is 3. The average Bonchev–Trinajstić information content (AvgIpc) is 2.37. The molecule has 0 saturated heterocycles. The first kappa shape index (κ1) is 7.91. The van der Waals surface area contributed by atoms with Crippen LogP contribution in [0.1, 0.15) is 25.6 Å². The highest BCUT2D eigenvalue weighted by atomic mass is 16.1. The van der Waals surface area contributed by atoms with E-state index in [1.165, 1.54) is 4.68 Å². The summed E-state index contributed by atoms with van der Waals surface area (Å²) in [5.41, 5.74) is 0. The van der Waals surface area contributed by atoms with Crippen LogP contribution < -0.4 is 0 Å². The third-order valence-electron chi connectivity index (χ3n) is 1.33. The highest BCUT2D eigenvalue weighted by Crippen LogP contribution is 2.05. The highest BCUT2D eigenvalue weighted by Gasteiger charge is 2.03. The molecule has 1 aromatic heterocycles. The fourth-order valence-electron chi connectivity index (χ4n) is 0.738. The van der Waals surface area contributed by atoms with Gasteiger partial charge in [0.05, 0.1) is 6.54 Å². The van der Waals surface area contributed by atoms with Crippen LogP contribution in [-0.2, 0) is 11.3 Å². The monoisotopic (exact) mass is 153 g/mol. The van der Waals surface area contributed by atoms with E-state index in [9.17, 15) is 4.79 Å². The van der Waals surface area contributed by atoms with Crippen LogP contribution in [0.3, 0.4) is 0 Å². The molecule has 1 rings (SSSR count). The lowest BCUT2D eigenvalue weighted by Gasteiger charge is -1.94. The standard InChI is InChI=1S/C7H11N3O/c1-6(2)7-8-5-10(9-7)3-4-11/h4-6H,3H2,1-2H3. The molecule has 0 aliphatic rings. The minimum Gasteiger partial charge on any atom is -0.301 e. The van der Waals surface area contributed by atoms with Crippen molar-refractivity contribution in [2.75, 3.05) is 0 Å². The van der Waals surface area contributed by atoms with Crippen LogP contribution in [0.15, 0.2) is 6.33 Å². The highest BCUT2D eigenvalue weighted by molar-refractivity contribution is 5.48. The lowest BCUT2D eigenvalue weighted by Crippen LogP contribution is -2.00. The Bertz CT molecular complexity index is 242. The second-order valence-corrected chi connectivity index (χ2v) is 2.65. The van der Waals surface area contributed by atoms with E-state index in [-0.39, 0.29) is 0 Å². The fraction of sp³-hybridized carbons (Fsp3) is 0.571. The van der Waals surface area contributed by atoms with Gasteiger partial charge in [-0.05, 0) is 0 Å². The molecule has 0 aliphatic heterocycles. The van der Waals surface area contributed by atoms with Crippen molar-refractivity contribution >= 4 is 6.29 Å². The zero-order valence-electron chi connectivity index (χ0n) is 6.69. The van der Waals surface area contributed by atoms with Crippen molar-refractivity contribution in [1.29, 1.82) is 0 Å². The van der Waals surface area contributed by atoms with Crippen LogP contribution in [0.2, 0.25) is 0 Å². The van der Waals surface area contributed by atoms with E-state index in [2.05, 4.69) is 10.1 Å². The van der Waals surface area contributed by atoms with Gasteiger partial charge in [0.2, 0.25) is 0 Å². The molecule has 0 aromatic carbocycles. The van der Waals surface area contributed by atoms with Crippen molar-refractivity contribution in [1.82, 2.24) is 14.8 Å². The molecule has 0 amide bonds. The van der Waals surface area contributed by atoms with Crippen molar-refractivity contribution in [2.45, 2.75) is 26.3 Å². The van der Waals surface area contributed by atoms with Crippen LogP contribution in [0.25, 0.3) is 0 Å². The van der Waals surface area contributed by atoms with Gasteiger partial charge >= 0.3 is 0 Å². The van der Waals surface area contributed by atoms with E-state index >= 15 is 0 Å². The van der Waals surface area contributed by atoms with Gasteiger partial charge in [0.25, 0.3) is 0 Å². The minimum atomic E-state index is 0.291. The maximum atomic E-state index is 10.1. The van der Waals surface area contributed by atoms with E-state index in [1.54, 1.807) is 6.33 Å². The summed E-state index contributed by atoms with van der Waals surface area (Å²) in [7, 11) is 0. The van der Waals surface area contributed by atoms with Crippen LogP contribution >= 0.6 is 0 Å². The normalized spacial score (nSPS) is 10.5. The van der Waals surface area contributed by atoms with Crippen molar-refractivity contribution < 1.29 is 4.79 Å². The zero-order valence-corrected chi connectivity index (χ0v) is 6.69. The molecule has 1 aromatic rings. The lowest BCUT2D eigenvalue weighted by molar-refractivity contribution is -0.108. The quantitative estimate of drug-likeness (QED) is 0.597. The van der Waals surface area contributed by atoms with Crippen molar-refractivity contribution in [3.63, 3.8) is 0 Å². The summed E-state index contributed by atoms with van der Waals surface area (Å²) in [5, 5.41) is 4.07. The molecule has 0 atom stereocenters. The first-order valence-electron chi connectivity index (χ1n) is 3.57. The summed E-state index contributed by atoms with van der Waals surface area (Å²) in [6, 6.07) is 0. The van der Waals surface area contributed by atoms with E-state index in [1.807, 2.05) is 13.8 Å². The molecular weight excluding hydrogens is 142 g/mol. The van der Waals surface area contributed by atoms with Crippen molar-refractivity contribution in [3.8, 4) is 0 Å². The molecule has 0 fully saturated rings. The number of hydrogen-bond donors (Lipinski definition) is 0. The number of hydrogen-bond acceptors (Lipinski definition) is 3. The van der Waals surface area contributed by atoms with Crippen molar-refractivity contribution in [3.05, 3.63) is 12.2 Å². The zero-order chi connectivity index (χ0) is 8.27. The average molecular weight is 153 g/mol. The molecule has 0 bridgehead atoms. The van der Waals surface area contributed by atoms with Gasteiger partial charge in [0, 0.05) is 5.92 Å². The topological polar surface area (TPSA) is 47.8 Å². The van der Waals surface area contributed by atoms with Gasteiger partial charge < -0.3 is 4.79 Å². The van der Waals surface area contributed by atoms with Gasteiger partial charge in [-0.15, -0.1) is 0 Å². The van der Waals surface area contributed by atoms with Gasteiger partial charge in [0.15, 0.2) is 5.82 Å². The minimum absolute atomic E-state index is 0.291. The molecule has 11 heavy (non-hydrogen) atoms. The molecule has 0 radical (unpaired) electrons. The second-order valence-electron chi connectivity index (χ2n) is 2.65. The third kappa shape index (κ3) is 1.86. The predicted octanol–water partition coefficient (Wildman–Crippen LogP) is 0.600. The van der Waals surface area contributed by atoms with Gasteiger partial charge in [-0.25, -0.2) is 9.67 Å². The number of carbonyl (C=O) groups is 1. The summed E-state index contributed by atoms with van der Waals surface area (Å²) in [6.07, 6.45) is 2.38. The van der Waals surface area contributed by atoms with Gasteiger partial charge in [-0.2, -0.15) is 5.10 Å². The molecule has 0 aliphatic carbocycles. The van der Waals surface area contributed by atoms with E-state index in [0.717, 1.165) is 12.1 Å². The molecule has 1 heterocycles. The maximum Gasteiger partial charge on any atom is 0.153 e. The Balaban J connectivity index is 2.73. The van der Waals surface area contributed by atoms with Gasteiger partial charge in [-0.1, -0.05) is 13.8 Å². The molecular formula is C7H11N3O. The Labute approximate surface area is 65.2 Å². The Morgan fingerprint density at radius 1 is 1.73 bits per heavy atom. The van der Waals surface area contributed by atoms with E-state index in [4.69, 9.17) is 0 Å². The molecule has 0 N–H and O–H groups in total. The van der Waals surface area contributed by atoms with Gasteiger partial charge in [0.1, 0.15) is 12.6 Å². The molecule has 0 unspecified atom stereocenters. The van der Waals surface area contributed by atoms with Crippen LogP contribution in [0.5, 0.6) is 0 Å². The van der Waals surface area contributed by atoms with Gasteiger partial charge in [-0.3, -0.25) is 0 Å². The van der Waals surface area contributed by atoms with E-state index in [0.29, 0.717) is 12.5 Å². The molecule has 60 valence electrons. The number of nitrogens with zero attached hydrogens (tertiary/aromatic N) is 3. The maximum absolute atomic E-state index is 10.1. The summed E-state index contributed by atoms with van der Waals surface area (Å²) in [5.74, 6) is 1.11. The van der Waals surface area contributed by atoms with Crippen molar-refractivity contribution in [2.24, 2.45) is 0 Å². The fourth-order valence-corrected chi connectivity index (χ4v) is 0.738. The lowest BCUT2D eigenvalue weighted by atomic mass is 10.2. The predicted molar refractivity (Wildman–Crippen MR) is 40.2 cm³/mol. The molecule has 0 spiro atoms. The number of aldehydes is 1. The first-order valence-corrected chi connectivity index (χ1v) is 3.57. The molecule has 4 nitrogen and oxygen atoms in total. The Kier molecular flexibility index (Phi) is 2.36. The van der Waals surface area contributed by atoms with Crippen LogP contribution in [0.4, 0.5) is 0 Å².